The summed E-state index contributed by atoms with van der Waals surface area (Å²) in [5.74, 6) is 3.07. The molecule has 2 atom stereocenters. The molecule has 5 heteroatoms. The summed E-state index contributed by atoms with van der Waals surface area (Å²) in [5, 5.41) is 4.94. The van der Waals surface area contributed by atoms with E-state index in [0.717, 1.165) is 35.6 Å². The SMILES string of the molecule is NC1CCCCC1Cc1nc(CSC2CCCCC2)no1. The smallest absolute Gasteiger partial charge is 0.227 e. The summed E-state index contributed by atoms with van der Waals surface area (Å²) in [7, 11) is 0. The topological polar surface area (TPSA) is 64.9 Å². The molecule has 0 radical (unpaired) electrons. The molecule has 2 unspecified atom stereocenters. The highest BCUT2D eigenvalue weighted by Gasteiger charge is 2.24. The number of rotatable bonds is 5. The molecular weight excluding hydrogens is 282 g/mol. The minimum absolute atomic E-state index is 0.311. The largest absolute Gasteiger partial charge is 0.339 e. The monoisotopic (exact) mass is 309 g/mol. The first kappa shape index (κ1) is 15.3. The fourth-order valence-electron chi connectivity index (χ4n) is 3.57. The van der Waals surface area contributed by atoms with Crippen LogP contribution in [0.2, 0.25) is 0 Å². The Labute approximate surface area is 131 Å². The second kappa shape index (κ2) is 7.63. The summed E-state index contributed by atoms with van der Waals surface area (Å²) in [4.78, 5) is 4.57. The van der Waals surface area contributed by atoms with Gasteiger partial charge in [0, 0.05) is 17.7 Å². The average Bonchev–Trinajstić information content (AvgIpc) is 2.96. The maximum absolute atomic E-state index is 6.20. The van der Waals surface area contributed by atoms with Gasteiger partial charge in [0.2, 0.25) is 5.89 Å². The van der Waals surface area contributed by atoms with E-state index in [-0.39, 0.29) is 0 Å². The lowest BCUT2D eigenvalue weighted by atomic mass is 9.83. The van der Waals surface area contributed by atoms with Gasteiger partial charge in [0.25, 0.3) is 0 Å². The third kappa shape index (κ3) is 4.46. The first-order chi connectivity index (χ1) is 10.3. The van der Waals surface area contributed by atoms with Crippen LogP contribution >= 0.6 is 11.8 Å². The van der Waals surface area contributed by atoms with Crippen molar-refractivity contribution in [2.75, 3.05) is 0 Å². The van der Waals surface area contributed by atoms with Crippen LogP contribution in [0.3, 0.4) is 0 Å². The first-order valence-electron chi connectivity index (χ1n) is 8.50. The zero-order valence-corrected chi connectivity index (χ0v) is 13.6. The van der Waals surface area contributed by atoms with Crippen molar-refractivity contribution in [3.63, 3.8) is 0 Å². The molecule has 0 aliphatic heterocycles. The molecule has 0 spiro atoms. The highest BCUT2D eigenvalue weighted by Crippen LogP contribution is 2.30. The molecule has 1 aromatic heterocycles. The summed E-state index contributed by atoms with van der Waals surface area (Å²) in [6.07, 6.45) is 12.6. The first-order valence-corrected chi connectivity index (χ1v) is 9.55. The molecule has 4 nitrogen and oxygen atoms in total. The zero-order chi connectivity index (χ0) is 14.5. The maximum atomic E-state index is 6.20. The van der Waals surface area contributed by atoms with Gasteiger partial charge >= 0.3 is 0 Å². The molecule has 2 N–H and O–H groups in total. The lowest BCUT2D eigenvalue weighted by Gasteiger charge is -2.27. The van der Waals surface area contributed by atoms with E-state index < -0.39 is 0 Å². The predicted octanol–water partition coefficient (Wildman–Crippen LogP) is 3.70. The van der Waals surface area contributed by atoms with E-state index >= 15 is 0 Å². The molecule has 1 aromatic rings. The van der Waals surface area contributed by atoms with Crippen LogP contribution in [0.15, 0.2) is 4.52 Å². The Hall–Kier alpha value is -0.550. The molecule has 1 heterocycles. The van der Waals surface area contributed by atoms with Crippen molar-refractivity contribution in [1.82, 2.24) is 10.1 Å². The number of thioether (sulfide) groups is 1. The third-order valence-corrected chi connectivity index (χ3v) is 6.28. The van der Waals surface area contributed by atoms with Crippen LogP contribution < -0.4 is 5.73 Å². The molecule has 2 aliphatic carbocycles. The molecule has 21 heavy (non-hydrogen) atoms. The summed E-state index contributed by atoms with van der Waals surface area (Å²) >= 11 is 2.00. The van der Waals surface area contributed by atoms with E-state index in [1.165, 1.54) is 51.4 Å². The Morgan fingerprint density at radius 3 is 2.62 bits per heavy atom. The van der Waals surface area contributed by atoms with Crippen LogP contribution in [0.25, 0.3) is 0 Å². The molecule has 0 amide bonds. The van der Waals surface area contributed by atoms with Crippen molar-refractivity contribution < 1.29 is 4.52 Å². The van der Waals surface area contributed by atoms with E-state index in [0.29, 0.717) is 12.0 Å². The number of hydrogen-bond donors (Lipinski definition) is 1. The van der Waals surface area contributed by atoms with Gasteiger partial charge in [-0.2, -0.15) is 16.7 Å². The minimum Gasteiger partial charge on any atom is -0.339 e. The second-order valence-electron chi connectivity index (χ2n) is 6.59. The minimum atomic E-state index is 0.311. The van der Waals surface area contributed by atoms with Gasteiger partial charge in [-0.3, -0.25) is 0 Å². The van der Waals surface area contributed by atoms with E-state index in [1.807, 2.05) is 11.8 Å². The van der Waals surface area contributed by atoms with Gasteiger partial charge in [-0.25, -0.2) is 0 Å². The van der Waals surface area contributed by atoms with E-state index in [1.54, 1.807) is 0 Å². The Morgan fingerprint density at radius 2 is 1.81 bits per heavy atom. The third-order valence-electron chi connectivity index (χ3n) is 4.92. The van der Waals surface area contributed by atoms with Crippen molar-refractivity contribution >= 4 is 11.8 Å². The number of nitrogens with zero attached hydrogens (tertiary/aromatic N) is 2. The van der Waals surface area contributed by atoms with Crippen molar-refractivity contribution in [3.8, 4) is 0 Å². The number of aromatic nitrogens is 2. The van der Waals surface area contributed by atoms with Gasteiger partial charge in [-0.15, -0.1) is 0 Å². The second-order valence-corrected chi connectivity index (χ2v) is 7.88. The van der Waals surface area contributed by atoms with Crippen molar-refractivity contribution in [1.29, 1.82) is 0 Å². The quantitative estimate of drug-likeness (QED) is 0.898. The van der Waals surface area contributed by atoms with Gasteiger partial charge < -0.3 is 10.3 Å². The Morgan fingerprint density at radius 1 is 1.05 bits per heavy atom. The molecule has 2 saturated carbocycles. The Kier molecular flexibility index (Phi) is 5.58. The fourth-order valence-corrected chi connectivity index (χ4v) is 4.74. The standard InChI is InChI=1S/C16H27N3OS/c17-14-9-5-4-6-12(14)10-16-18-15(19-20-16)11-21-13-7-2-1-3-8-13/h12-14H,1-11,17H2. The van der Waals surface area contributed by atoms with Crippen LogP contribution in [0.1, 0.15) is 69.5 Å². The number of nitrogens with two attached hydrogens (primary N) is 1. The Bertz CT molecular complexity index is 431. The van der Waals surface area contributed by atoms with E-state index in [2.05, 4.69) is 10.1 Å². The van der Waals surface area contributed by atoms with Crippen molar-refractivity contribution in [2.45, 2.75) is 81.3 Å². The summed E-state index contributed by atoms with van der Waals surface area (Å²) in [5.41, 5.74) is 6.20. The summed E-state index contributed by atoms with van der Waals surface area (Å²) in [6, 6.07) is 0.311. The molecule has 3 rings (SSSR count). The lowest BCUT2D eigenvalue weighted by Crippen LogP contribution is -2.34. The van der Waals surface area contributed by atoms with E-state index in [9.17, 15) is 0 Å². The van der Waals surface area contributed by atoms with Crippen LogP contribution in [-0.2, 0) is 12.2 Å². The van der Waals surface area contributed by atoms with Crippen LogP contribution in [0, 0.1) is 5.92 Å². The molecule has 0 bridgehead atoms. The fraction of sp³-hybridized carbons (Fsp3) is 0.875. The summed E-state index contributed by atoms with van der Waals surface area (Å²) < 4.78 is 5.43. The maximum Gasteiger partial charge on any atom is 0.227 e. The summed E-state index contributed by atoms with van der Waals surface area (Å²) in [6.45, 7) is 0. The number of hydrogen-bond acceptors (Lipinski definition) is 5. The molecular formula is C16H27N3OS. The van der Waals surface area contributed by atoms with Crippen LogP contribution in [0.5, 0.6) is 0 Å². The van der Waals surface area contributed by atoms with Crippen molar-refractivity contribution in [2.24, 2.45) is 11.7 Å². The van der Waals surface area contributed by atoms with Gasteiger partial charge in [-0.05, 0) is 31.6 Å². The van der Waals surface area contributed by atoms with Crippen LogP contribution in [-0.4, -0.2) is 21.4 Å². The lowest BCUT2D eigenvalue weighted by molar-refractivity contribution is 0.273. The molecule has 118 valence electrons. The molecule has 2 aliphatic rings. The van der Waals surface area contributed by atoms with Crippen LogP contribution in [0.4, 0.5) is 0 Å². The van der Waals surface area contributed by atoms with Gasteiger partial charge in [0.05, 0.1) is 5.75 Å². The molecule has 0 aromatic carbocycles. The molecule has 0 saturated heterocycles. The normalized spacial score (nSPS) is 27.9. The predicted molar refractivity (Wildman–Crippen MR) is 86.1 cm³/mol. The molecule has 2 fully saturated rings. The van der Waals surface area contributed by atoms with E-state index in [4.69, 9.17) is 10.3 Å². The van der Waals surface area contributed by atoms with Gasteiger partial charge in [0.15, 0.2) is 5.82 Å². The highest BCUT2D eigenvalue weighted by molar-refractivity contribution is 7.99. The van der Waals surface area contributed by atoms with Gasteiger partial charge in [0.1, 0.15) is 0 Å². The Balaban J connectivity index is 1.46. The highest BCUT2D eigenvalue weighted by atomic mass is 32.2. The average molecular weight is 309 g/mol. The zero-order valence-electron chi connectivity index (χ0n) is 12.8. The van der Waals surface area contributed by atoms with Crippen molar-refractivity contribution in [3.05, 3.63) is 11.7 Å². The van der Waals surface area contributed by atoms with Gasteiger partial charge in [-0.1, -0.05) is 37.3 Å².